The van der Waals surface area contributed by atoms with Crippen LogP contribution in [0.4, 0.5) is 5.82 Å². The van der Waals surface area contributed by atoms with Crippen molar-refractivity contribution in [1.29, 1.82) is 0 Å². The molecule has 1 aromatic heterocycles. The number of pyridine rings is 1. The van der Waals surface area contributed by atoms with E-state index in [9.17, 15) is 0 Å². The minimum atomic E-state index is 0.687. The third-order valence-electron chi connectivity index (χ3n) is 4.74. The number of likely N-dealkylation sites (tertiary alicyclic amines) is 2. The molecule has 2 fully saturated rings. The summed E-state index contributed by atoms with van der Waals surface area (Å²) in [6.07, 6.45) is 7.23. The minimum absolute atomic E-state index is 0.687. The molecule has 0 saturated carbocycles. The van der Waals surface area contributed by atoms with Gasteiger partial charge in [-0.3, -0.25) is 4.90 Å². The number of nitrogens with two attached hydrogens (primary N) is 1. The van der Waals surface area contributed by atoms with Crippen molar-refractivity contribution in [3.8, 4) is 0 Å². The molecule has 4 nitrogen and oxygen atoms in total. The molecule has 0 bridgehead atoms. The second kappa shape index (κ2) is 6.55. The molecule has 20 heavy (non-hydrogen) atoms. The lowest BCUT2D eigenvalue weighted by Gasteiger charge is -2.34. The molecule has 0 aromatic carbocycles. The van der Waals surface area contributed by atoms with Gasteiger partial charge in [0, 0.05) is 24.8 Å². The van der Waals surface area contributed by atoms with E-state index in [1.165, 1.54) is 64.0 Å². The van der Waals surface area contributed by atoms with Crippen LogP contribution in [0, 0.1) is 5.92 Å². The van der Waals surface area contributed by atoms with E-state index < -0.39 is 0 Å². The lowest BCUT2D eigenvalue weighted by Crippen LogP contribution is -2.37. The summed E-state index contributed by atoms with van der Waals surface area (Å²) in [4.78, 5) is 9.35. The Labute approximate surface area is 122 Å². The summed E-state index contributed by atoms with van der Waals surface area (Å²) in [7, 11) is 0. The van der Waals surface area contributed by atoms with E-state index in [2.05, 4.69) is 20.9 Å². The highest BCUT2D eigenvalue weighted by molar-refractivity contribution is 5.38. The van der Waals surface area contributed by atoms with Crippen molar-refractivity contribution >= 4 is 5.82 Å². The van der Waals surface area contributed by atoms with Crippen molar-refractivity contribution in [3.05, 3.63) is 23.9 Å². The predicted molar refractivity (Wildman–Crippen MR) is 82.3 cm³/mol. The van der Waals surface area contributed by atoms with Crippen LogP contribution in [0.2, 0.25) is 0 Å². The van der Waals surface area contributed by atoms with Crippen LogP contribution in [-0.4, -0.2) is 47.5 Å². The number of hydrogen-bond donors (Lipinski definition) is 1. The van der Waals surface area contributed by atoms with Crippen LogP contribution in [0.5, 0.6) is 0 Å². The Morgan fingerprint density at radius 3 is 2.55 bits per heavy atom. The number of nitrogens with zero attached hydrogens (tertiary/aromatic N) is 3. The van der Waals surface area contributed by atoms with E-state index in [4.69, 9.17) is 5.73 Å². The molecule has 3 heterocycles. The standard InChI is InChI=1S/C16H26N4/c17-16-15(4-3-7-18-16)13-20-10-5-14(6-11-20)12-19-8-1-2-9-19/h3-4,7,14H,1-2,5-6,8-13H2,(H2,17,18). The molecular formula is C16H26N4. The van der Waals surface area contributed by atoms with Gasteiger partial charge in [0.15, 0.2) is 0 Å². The van der Waals surface area contributed by atoms with Crippen LogP contribution in [0.25, 0.3) is 0 Å². The molecule has 0 radical (unpaired) electrons. The topological polar surface area (TPSA) is 45.4 Å². The molecule has 0 atom stereocenters. The van der Waals surface area contributed by atoms with Gasteiger partial charge < -0.3 is 10.6 Å². The fourth-order valence-corrected chi connectivity index (χ4v) is 3.48. The minimum Gasteiger partial charge on any atom is -0.383 e. The average molecular weight is 274 g/mol. The maximum atomic E-state index is 5.93. The maximum Gasteiger partial charge on any atom is 0.127 e. The van der Waals surface area contributed by atoms with Crippen LogP contribution in [-0.2, 0) is 6.54 Å². The van der Waals surface area contributed by atoms with Crippen molar-refractivity contribution in [2.45, 2.75) is 32.2 Å². The van der Waals surface area contributed by atoms with Crippen molar-refractivity contribution in [2.24, 2.45) is 5.92 Å². The lowest BCUT2D eigenvalue weighted by molar-refractivity contribution is 0.149. The highest BCUT2D eigenvalue weighted by Gasteiger charge is 2.23. The monoisotopic (exact) mass is 274 g/mol. The number of nitrogen functional groups attached to an aromatic ring is 1. The maximum absolute atomic E-state index is 5.93. The second-order valence-electron chi connectivity index (χ2n) is 6.28. The molecule has 4 heteroatoms. The highest BCUT2D eigenvalue weighted by Crippen LogP contribution is 2.22. The zero-order valence-corrected chi connectivity index (χ0v) is 12.3. The van der Waals surface area contributed by atoms with Crippen molar-refractivity contribution in [1.82, 2.24) is 14.8 Å². The van der Waals surface area contributed by atoms with Gasteiger partial charge in [-0.15, -0.1) is 0 Å². The van der Waals surface area contributed by atoms with Crippen LogP contribution in [0.3, 0.4) is 0 Å². The van der Waals surface area contributed by atoms with Crippen molar-refractivity contribution < 1.29 is 0 Å². The molecule has 110 valence electrons. The van der Waals surface area contributed by atoms with Crippen LogP contribution in [0.1, 0.15) is 31.2 Å². The van der Waals surface area contributed by atoms with E-state index in [1.807, 2.05) is 6.07 Å². The smallest absolute Gasteiger partial charge is 0.127 e. The molecule has 2 aliphatic heterocycles. The van der Waals surface area contributed by atoms with E-state index in [0.29, 0.717) is 5.82 Å². The molecule has 0 aliphatic carbocycles. The number of rotatable bonds is 4. The summed E-state index contributed by atoms with van der Waals surface area (Å²) in [5.41, 5.74) is 7.10. The molecule has 0 spiro atoms. The zero-order chi connectivity index (χ0) is 13.8. The summed E-state index contributed by atoms with van der Waals surface area (Å²) in [6.45, 7) is 7.33. The molecule has 0 amide bonds. The van der Waals surface area contributed by atoms with Gasteiger partial charge in [-0.1, -0.05) is 6.07 Å². The Bertz CT molecular complexity index is 420. The van der Waals surface area contributed by atoms with Crippen LogP contribution >= 0.6 is 0 Å². The van der Waals surface area contributed by atoms with Crippen molar-refractivity contribution in [2.75, 3.05) is 38.5 Å². The van der Waals surface area contributed by atoms with Gasteiger partial charge in [-0.25, -0.2) is 4.98 Å². The first kappa shape index (κ1) is 13.8. The summed E-state index contributed by atoms with van der Waals surface area (Å²) >= 11 is 0. The van der Waals surface area contributed by atoms with Gasteiger partial charge in [0.25, 0.3) is 0 Å². The SMILES string of the molecule is Nc1ncccc1CN1CCC(CN2CCCC2)CC1. The van der Waals surface area contributed by atoms with Gasteiger partial charge in [0.1, 0.15) is 5.82 Å². The van der Waals surface area contributed by atoms with Crippen LogP contribution < -0.4 is 5.73 Å². The van der Waals surface area contributed by atoms with Gasteiger partial charge in [-0.05, 0) is 63.8 Å². The quantitative estimate of drug-likeness (QED) is 0.912. The summed E-state index contributed by atoms with van der Waals surface area (Å²) in [5.74, 6) is 1.59. The Morgan fingerprint density at radius 2 is 1.85 bits per heavy atom. The molecule has 2 aliphatic rings. The van der Waals surface area contributed by atoms with E-state index >= 15 is 0 Å². The third-order valence-corrected chi connectivity index (χ3v) is 4.74. The van der Waals surface area contributed by atoms with Gasteiger partial charge in [-0.2, -0.15) is 0 Å². The predicted octanol–water partition coefficient (Wildman–Crippen LogP) is 1.97. The van der Waals surface area contributed by atoms with Gasteiger partial charge in [0.2, 0.25) is 0 Å². The van der Waals surface area contributed by atoms with Crippen LogP contribution in [0.15, 0.2) is 18.3 Å². The zero-order valence-electron chi connectivity index (χ0n) is 12.3. The second-order valence-corrected chi connectivity index (χ2v) is 6.28. The number of hydrogen-bond acceptors (Lipinski definition) is 4. The van der Waals surface area contributed by atoms with Gasteiger partial charge >= 0.3 is 0 Å². The van der Waals surface area contributed by atoms with Crippen molar-refractivity contribution in [3.63, 3.8) is 0 Å². The lowest BCUT2D eigenvalue weighted by atomic mass is 9.96. The summed E-state index contributed by atoms with van der Waals surface area (Å²) < 4.78 is 0. The molecule has 2 N–H and O–H groups in total. The summed E-state index contributed by atoms with van der Waals surface area (Å²) in [6, 6.07) is 4.07. The fourth-order valence-electron chi connectivity index (χ4n) is 3.48. The Hall–Kier alpha value is -1.13. The fraction of sp³-hybridized carbons (Fsp3) is 0.688. The first-order chi connectivity index (χ1) is 9.81. The van der Waals surface area contributed by atoms with E-state index in [-0.39, 0.29) is 0 Å². The first-order valence-electron chi connectivity index (χ1n) is 7.95. The average Bonchev–Trinajstić information content (AvgIpc) is 2.96. The molecule has 0 unspecified atom stereocenters. The largest absolute Gasteiger partial charge is 0.383 e. The number of aromatic nitrogens is 1. The van der Waals surface area contributed by atoms with E-state index in [1.54, 1.807) is 6.20 Å². The normalized spacial score (nSPS) is 22.4. The molecule has 1 aromatic rings. The molecular weight excluding hydrogens is 248 g/mol. The Balaban J connectivity index is 1.45. The highest BCUT2D eigenvalue weighted by atomic mass is 15.2. The summed E-state index contributed by atoms with van der Waals surface area (Å²) in [5, 5.41) is 0. The first-order valence-corrected chi connectivity index (χ1v) is 7.95. The molecule has 2 saturated heterocycles. The Kier molecular flexibility index (Phi) is 4.53. The van der Waals surface area contributed by atoms with E-state index in [0.717, 1.165) is 12.5 Å². The van der Waals surface area contributed by atoms with Gasteiger partial charge in [0.05, 0.1) is 0 Å². The number of piperidine rings is 1. The number of anilines is 1. The Morgan fingerprint density at radius 1 is 1.10 bits per heavy atom. The molecule has 3 rings (SSSR count). The third kappa shape index (κ3) is 3.49.